The molecule has 1 aliphatic carbocycles. The predicted octanol–water partition coefficient (Wildman–Crippen LogP) is 2.74. The zero-order chi connectivity index (χ0) is 13.1. The van der Waals surface area contributed by atoms with E-state index in [0.29, 0.717) is 12.0 Å². The summed E-state index contributed by atoms with van der Waals surface area (Å²) in [4.78, 5) is 7.09. The van der Waals surface area contributed by atoms with Gasteiger partial charge in [0.25, 0.3) is 0 Å². The van der Waals surface area contributed by atoms with Crippen LogP contribution in [0, 0.1) is 5.41 Å². The Labute approximate surface area is 116 Å². The van der Waals surface area contributed by atoms with Gasteiger partial charge in [-0.2, -0.15) is 0 Å². The van der Waals surface area contributed by atoms with Crippen molar-refractivity contribution < 1.29 is 0 Å². The molecule has 1 saturated heterocycles. The van der Waals surface area contributed by atoms with Crippen molar-refractivity contribution in [2.24, 2.45) is 11.1 Å². The summed E-state index contributed by atoms with van der Waals surface area (Å²) < 4.78 is 0. The third-order valence-corrected chi connectivity index (χ3v) is 5.07. The highest BCUT2D eigenvalue weighted by atomic mass is 15.2. The topological polar surface area (TPSA) is 42.1 Å². The van der Waals surface area contributed by atoms with Gasteiger partial charge in [-0.05, 0) is 55.7 Å². The molecule has 0 bridgehead atoms. The van der Waals surface area contributed by atoms with Crippen molar-refractivity contribution in [2.45, 2.75) is 44.9 Å². The number of nitrogens with zero attached hydrogens (tertiary/aromatic N) is 2. The molecule has 1 aromatic rings. The van der Waals surface area contributed by atoms with Gasteiger partial charge in [-0.15, -0.1) is 0 Å². The Hall–Kier alpha value is -1.09. The van der Waals surface area contributed by atoms with E-state index in [2.05, 4.69) is 16.0 Å². The van der Waals surface area contributed by atoms with E-state index < -0.39 is 0 Å². The molecule has 1 aliphatic heterocycles. The Morgan fingerprint density at radius 1 is 1.16 bits per heavy atom. The summed E-state index contributed by atoms with van der Waals surface area (Å²) in [6, 6.07) is 4.20. The molecule has 0 aromatic carbocycles. The second-order valence-electron chi connectivity index (χ2n) is 6.22. The van der Waals surface area contributed by atoms with Crippen LogP contribution in [-0.4, -0.2) is 24.6 Å². The lowest BCUT2D eigenvalue weighted by Crippen LogP contribution is -2.39. The van der Waals surface area contributed by atoms with Crippen LogP contribution < -0.4 is 10.6 Å². The first-order chi connectivity index (χ1) is 9.33. The molecule has 1 spiro atoms. The van der Waals surface area contributed by atoms with E-state index in [1.807, 2.05) is 12.3 Å². The van der Waals surface area contributed by atoms with E-state index in [4.69, 9.17) is 5.73 Å². The second-order valence-corrected chi connectivity index (χ2v) is 6.22. The van der Waals surface area contributed by atoms with Gasteiger partial charge in [-0.1, -0.05) is 18.9 Å². The maximum Gasteiger partial charge on any atom is 0.131 e. The molecule has 0 unspecified atom stereocenters. The zero-order valence-electron chi connectivity index (χ0n) is 11.8. The summed E-state index contributed by atoms with van der Waals surface area (Å²) in [6.07, 6.45) is 11.4. The van der Waals surface area contributed by atoms with Gasteiger partial charge in [0, 0.05) is 19.3 Å². The minimum Gasteiger partial charge on any atom is -0.356 e. The molecule has 2 aliphatic rings. The van der Waals surface area contributed by atoms with Crippen LogP contribution in [0.3, 0.4) is 0 Å². The normalized spacial score (nSPS) is 22.1. The summed E-state index contributed by atoms with van der Waals surface area (Å²) >= 11 is 0. The Bertz CT molecular complexity index is 414. The second kappa shape index (κ2) is 5.49. The first-order valence-corrected chi connectivity index (χ1v) is 7.72. The first-order valence-electron chi connectivity index (χ1n) is 7.72. The fourth-order valence-electron chi connectivity index (χ4n) is 3.88. The van der Waals surface area contributed by atoms with Crippen molar-refractivity contribution in [1.29, 1.82) is 0 Å². The molecule has 19 heavy (non-hydrogen) atoms. The fourth-order valence-corrected chi connectivity index (χ4v) is 3.88. The molecular weight excluding hydrogens is 234 g/mol. The monoisotopic (exact) mass is 259 g/mol. The Morgan fingerprint density at radius 3 is 2.58 bits per heavy atom. The molecule has 0 radical (unpaired) electrons. The SMILES string of the molecule is NCCc1cccnc1N1CCC2(CCCC2)CC1. The molecule has 0 amide bonds. The van der Waals surface area contributed by atoms with E-state index in [1.165, 1.54) is 63.0 Å². The number of piperidine rings is 1. The zero-order valence-corrected chi connectivity index (χ0v) is 11.8. The quantitative estimate of drug-likeness (QED) is 0.907. The molecule has 2 fully saturated rings. The van der Waals surface area contributed by atoms with Gasteiger partial charge in [-0.3, -0.25) is 0 Å². The van der Waals surface area contributed by atoms with E-state index in [0.717, 1.165) is 6.42 Å². The van der Waals surface area contributed by atoms with Crippen LogP contribution in [0.4, 0.5) is 5.82 Å². The van der Waals surface area contributed by atoms with E-state index in [9.17, 15) is 0 Å². The summed E-state index contributed by atoms with van der Waals surface area (Å²) in [5.74, 6) is 1.18. The number of hydrogen-bond donors (Lipinski definition) is 1. The number of rotatable bonds is 3. The number of hydrogen-bond acceptors (Lipinski definition) is 3. The summed E-state index contributed by atoms with van der Waals surface area (Å²) in [7, 11) is 0. The number of aromatic nitrogens is 1. The van der Waals surface area contributed by atoms with Gasteiger partial charge in [-0.25, -0.2) is 4.98 Å². The van der Waals surface area contributed by atoms with Crippen LogP contribution in [0.2, 0.25) is 0 Å². The Morgan fingerprint density at radius 2 is 1.89 bits per heavy atom. The molecule has 1 aromatic heterocycles. The van der Waals surface area contributed by atoms with Crippen LogP contribution in [0.5, 0.6) is 0 Å². The molecule has 3 heteroatoms. The lowest BCUT2D eigenvalue weighted by molar-refractivity contribution is 0.226. The lowest BCUT2D eigenvalue weighted by atomic mass is 9.77. The maximum absolute atomic E-state index is 5.71. The molecule has 1 saturated carbocycles. The molecular formula is C16H25N3. The van der Waals surface area contributed by atoms with Crippen molar-refractivity contribution in [1.82, 2.24) is 4.98 Å². The lowest BCUT2D eigenvalue weighted by Gasteiger charge is -2.40. The van der Waals surface area contributed by atoms with E-state index in [-0.39, 0.29) is 0 Å². The molecule has 0 atom stereocenters. The third kappa shape index (κ3) is 2.62. The van der Waals surface area contributed by atoms with Crippen LogP contribution in [-0.2, 0) is 6.42 Å². The largest absolute Gasteiger partial charge is 0.356 e. The standard InChI is InChI=1S/C16H25N3/c17-10-5-14-4-3-11-18-15(14)19-12-8-16(9-13-19)6-1-2-7-16/h3-4,11H,1-2,5-10,12-13,17H2. The minimum atomic E-state index is 0.680. The molecule has 104 valence electrons. The van der Waals surface area contributed by atoms with Crippen LogP contribution in [0.1, 0.15) is 44.1 Å². The third-order valence-electron chi connectivity index (χ3n) is 5.07. The highest BCUT2D eigenvalue weighted by molar-refractivity contribution is 5.47. The van der Waals surface area contributed by atoms with Crippen molar-refractivity contribution in [3.8, 4) is 0 Å². The highest BCUT2D eigenvalue weighted by Crippen LogP contribution is 2.46. The predicted molar refractivity (Wildman–Crippen MR) is 79.3 cm³/mol. The number of nitrogens with two attached hydrogens (primary N) is 1. The Kier molecular flexibility index (Phi) is 3.74. The van der Waals surface area contributed by atoms with Crippen molar-refractivity contribution in [3.63, 3.8) is 0 Å². The molecule has 3 nitrogen and oxygen atoms in total. The van der Waals surface area contributed by atoms with Gasteiger partial charge in [0.1, 0.15) is 5.82 Å². The van der Waals surface area contributed by atoms with E-state index in [1.54, 1.807) is 0 Å². The van der Waals surface area contributed by atoms with Crippen LogP contribution in [0.15, 0.2) is 18.3 Å². The molecule has 2 heterocycles. The Balaban J connectivity index is 1.71. The van der Waals surface area contributed by atoms with Crippen LogP contribution >= 0.6 is 0 Å². The molecule has 2 N–H and O–H groups in total. The summed E-state index contributed by atoms with van der Waals surface area (Å²) in [5.41, 5.74) is 7.70. The van der Waals surface area contributed by atoms with E-state index >= 15 is 0 Å². The van der Waals surface area contributed by atoms with Crippen molar-refractivity contribution in [3.05, 3.63) is 23.9 Å². The average Bonchev–Trinajstić information content (AvgIpc) is 2.89. The fraction of sp³-hybridized carbons (Fsp3) is 0.688. The highest BCUT2D eigenvalue weighted by Gasteiger charge is 2.37. The minimum absolute atomic E-state index is 0.680. The number of anilines is 1. The van der Waals surface area contributed by atoms with Gasteiger partial charge >= 0.3 is 0 Å². The smallest absolute Gasteiger partial charge is 0.131 e. The van der Waals surface area contributed by atoms with Gasteiger partial charge < -0.3 is 10.6 Å². The van der Waals surface area contributed by atoms with Crippen molar-refractivity contribution in [2.75, 3.05) is 24.5 Å². The molecule has 3 rings (SSSR count). The van der Waals surface area contributed by atoms with Gasteiger partial charge in [0.15, 0.2) is 0 Å². The summed E-state index contributed by atoms with van der Waals surface area (Å²) in [5, 5.41) is 0. The van der Waals surface area contributed by atoms with Crippen LogP contribution in [0.25, 0.3) is 0 Å². The first kappa shape index (κ1) is 12.9. The maximum atomic E-state index is 5.71. The van der Waals surface area contributed by atoms with Gasteiger partial charge in [0.2, 0.25) is 0 Å². The number of pyridine rings is 1. The van der Waals surface area contributed by atoms with Gasteiger partial charge in [0.05, 0.1) is 0 Å². The summed E-state index contributed by atoms with van der Waals surface area (Å²) in [6.45, 7) is 3.06. The average molecular weight is 259 g/mol. The van der Waals surface area contributed by atoms with Crippen molar-refractivity contribution >= 4 is 5.82 Å².